The second-order valence-corrected chi connectivity index (χ2v) is 11.8. The van der Waals surface area contributed by atoms with Gasteiger partial charge in [0.1, 0.15) is 11.1 Å². The Morgan fingerprint density at radius 3 is 2.76 bits per heavy atom. The Morgan fingerprint density at radius 2 is 2.03 bits per heavy atom. The van der Waals surface area contributed by atoms with Crippen molar-refractivity contribution in [2.45, 2.75) is 45.1 Å². The minimum absolute atomic E-state index is 0.163. The van der Waals surface area contributed by atoms with Crippen LogP contribution in [0.3, 0.4) is 0 Å². The van der Waals surface area contributed by atoms with E-state index in [1.165, 1.54) is 15.6 Å². The third kappa shape index (κ3) is 4.90. The third-order valence-electron chi connectivity index (χ3n) is 5.89. The number of anilines is 3. The lowest BCUT2D eigenvalue weighted by atomic mass is 10.2. The second-order valence-electron chi connectivity index (χ2n) is 10.3. The molecule has 1 aliphatic heterocycles. The van der Waals surface area contributed by atoms with Crippen molar-refractivity contribution in [3.05, 3.63) is 35.7 Å². The van der Waals surface area contributed by atoms with E-state index in [-0.39, 0.29) is 28.9 Å². The molecule has 1 aromatic carbocycles. The van der Waals surface area contributed by atoms with Gasteiger partial charge in [-0.1, -0.05) is 5.21 Å². The van der Waals surface area contributed by atoms with Crippen LogP contribution in [0.5, 0.6) is 0 Å². The zero-order valence-electron chi connectivity index (χ0n) is 22.0. The lowest BCUT2D eigenvalue weighted by molar-refractivity contribution is 0.0589. The monoisotopic (exact) mass is 539 g/mol. The number of imidazole rings is 1. The van der Waals surface area contributed by atoms with Crippen molar-refractivity contribution in [3.63, 3.8) is 0 Å². The van der Waals surface area contributed by atoms with Crippen molar-refractivity contribution in [2.75, 3.05) is 23.0 Å². The normalized spacial score (nSPS) is 18.2. The van der Waals surface area contributed by atoms with Crippen LogP contribution in [-0.4, -0.2) is 70.2 Å². The van der Waals surface area contributed by atoms with Gasteiger partial charge in [-0.25, -0.2) is 19.0 Å². The van der Waals surface area contributed by atoms with Gasteiger partial charge in [-0.05, 0) is 45.4 Å². The van der Waals surface area contributed by atoms with Crippen molar-refractivity contribution in [1.29, 1.82) is 0 Å². The standard InChI is InChI=1S/C24H29N9O4S/c1-13-11-38(36)12-14-7-15(20-16(8-14)32(6)30-28-20)27-19-9-17(31(5)23(35)37-24(2,3)4)21-25-10-18(22(34)26-13)33(21)29-19/h7-10,13H,11-12H2,1-6H3,(H,26,34)(H,27,29)/t13-,38?/m1/s1. The number of hydrogen-bond donors (Lipinski definition) is 2. The molecule has 4 aromatic rings. The van der Waals surface area contributed by atoms with Crippen LogP contribution >= 0.6 is 0 Å². The predicted molar refractivity (Wildman–Crippen MR) is 143 cm³/mol. The summed E-state index contributed by atoms with van der Waals surface area (Å²) in [6.45, 7) is 7.14. The molecule has 3 aromatic heterocycles. The Kier molecular flexibility index (Phi) is 6.29. The topological polar surface area (TPSA) is 149 Å². The van der Waals surface area contributed by atoms with Crippen LogP contribution in [0.4, 0.5) is 22.0 Å². The molecule has 14 heteroatoms. The minimum atomic E-state index is -1.24. The van der Waals surface area contributed by atoms with E-state index in [9.17, 15) is 13.8 Å². The average Bonchev–Trinajstić information content (AvgIpc) is 3.40. The number of rotatable bonds is 1. The van der Waals surface area contributed by atoms with Crippen LogP contribution in [0, 0.1) is 0 Å². The number of carbonyl (C=O) groups is 2. The van der Waals surface area contributed by atoms with Crippen LogP contribution in [0.25, 0.3) is 16.7 Å². The second kappa shape index (κ2) is 9.35. The lowest BCUT2D eigenvalue weighted by Gasteiger charge is -2.25. The zero-order chi connectivity index (χ0) is 27.4. The van der Waals surface area contributed by atoms with Crippen molar-refractivity contribution < 1.29 is 18.5 Å². The minimum Gasteiger partial charge on any atom is -0.443 e. The highest BCUT2D eigenvalue weighted by atomic mass is 32.2. The molecule has 38 heavy (non-hydrogen) atoms. The van der Waals surface area contributed by atoms with E-state index in [2.05, 4.69) is 31.0 Å². The van der Waals surface area contributed by atoms with Crippen LogP contribution in [0.1, 0.15) is 43.7 Å². The van der Waals surface area contributed by atoms with Crippen LogP contribution in [0.2, 0.25) is 0 Å². The van der Waals surface area contributed by atoms with E-state index in [1.54, 1.807) is 52.5 Å². The van der Waals surface area contributed by atoms with Gasteiger partial charge in [0, 0.05) is 48.5 Å². The van der Waals surface area contributed by atoms with Gasteiger partial charge >= 0.3 is 6.09 Å². The summed E-state index contributed by atoms with van der Waals surface area (Å²) in [6, 6.07) is 5.04. The highest BCUT2D eigenvalue weighted by Crippen LogP contribution is 2.30. The van der Waals surface area contributed by atoms with Crippen LogP contribution in [0.15, 0.2) is 24.4 Å². The number of carbonyl (C=O) groups excluding carboxylic acids is 2. The van der Waals surface area contributed by atoms with Gasteiger partial charge in [0.15, 0.2) is 17.2 Å². The van der Waals surface area contributed by atoms with E-state index in [0.29, 0.717) is 22.7 Å². The predicted octanol–water partition coefficient (Wildman–Crippen LogP) is 2.51. The fourth-order valence-corrected chi connectivity index (χ4v) is 5.51. The summed E-state index contributed by atoms with van der Waals surface area (Å²) >= 11 is 0. The fourth-order valence-electron chi connectivity index (χ4n) is 4.21. The molecule has 13 nitrogen and oxygen atoms in total. The van der Waals surface area contributed by atoms with E-state index in [0.717, 1.165) is 11.1 Å². The zero-order valence-corrected chi connectivity index (χ0v) is 22.8. The summed E-state index contributed by atoms with van der Waals surface area (Å²) in [4.78, 5) is 31.8. The van der Waals surface area contributed by atoms with Crippen molar-refractivity contribution >= 4 is 56.7 Å². The maximum absolute atomic E-state index is 13.2. The molecule has 200 valence electrons. The number of hydrogen-bond acceptors (Lipinski definition) is 9. The third-order valence-corrected chi connectivity index (χ3v) is 7.42. The molecule has 1 aliphatic rings. The number of benzene rings is 1. The average molecular weight is 540 g/mol. The first-order valence-electron chi connectivity index (χ1n) is 12.0. The number of nitrogens with one attached hydrogen (secondary N) is 2. The summed E-state index contributed by atoms with van der Waals surface area (Å²) in [5.41, 5.74) is 2.88. The highest BCUT2D eigenvalue weighted by Gasteiger charge is 2.26. The highest BCUT2D eigenvalue weighted by molar-refractivity contribution is 7.84. The molecule has 5 rings (SSSR count). The number of ether oxygens (including phenoxy) is 1. The van der Waals surface area contributed by atoms with Gasteiger partial charge in [-0.2, -0.15) is 0 Å². The first-order chi connectivity index (χ1) is 17.9. The maximum Gasteiger partial charge on any atom is 0.414 e. The Hall–Kier alpha value is -4.07. The molecule has 0 radical (unpaired) electrons. The summed E-state index contributed by atoms with van der Waals surface area (Å²) in [6.07, 6.45) is 0.805. The maximum atomic E-state index is 13.2. The van der Waals surface area contributed by atoms with Crippen molar-refractivity contribution in [2.24, 2.45) is 7.05 Å². The van der Waals surface area contributed by atoms with Gasteiger partial charge < -0.3 is 15.4 Å². The molecular weight excluding hydrogens is 510 g/mol. The number of fused-ring (bicyclic) bond motifs is 5. The van der Waals surface area contributed by atoms with Gasteiger partial charge in [0.05, 0.1) is 23.1 Å². The number of amides is 2. The van der Waals surface area contributed by atoms with Crippen LogP contribution in [-0.2, 0) is 28.3 Å². The summed E-state index contributed by atoms with van der Waals surface area (Å²) < 4.78 is 21.5. The van der Waals surface area contributed by atoms with E-state index < -0.39 is 28.4 Å². The molecular formula is C24H29N9O4S. The number of aromatic nitrogens is 6. The molecule has 4 bridgehead atoms. The Morgan fingerprint density at radius 1 is 1.26 bits per heavy atom. The van der Waals surface area contributed by atoms with Crippen LogP contribution < -0.4 is 15.5 Å². The molecule has 2 amide bonds. The van der Waals surface area contributed by atoms with Crippen molar-refractivity contribution in [1.82, 2.24) is 34.9 Å². The summed E-state index contributed by atoms with van der Waals surface area (Å²) in [5, 5.41) is 19.2. The van der Waals surface area contributed by atoms with Gasteiger partial charge in [-0.3, -0.25) is 13.9 Å². The first kappa shape index (κ1) is 25.6. The summed E-state index contributed by atoms with van der Waals surface area (Å²) in [7, 11) is 2.11. The molecule has 0 aliphatic carbocycles. The summed E-state index contributed by atoms with van der Waals surface area (Å²) in [5.74, 6) is 0.445. The largest absolute Gasteiger partial charge is 0.443 e. The quantitative estimate of drug-likeness (QED) is 0.372. The van der Waals surface area contributed by atoms with Crippen molar-refractivity contribution in [3.8, 4) is 0 Å². The molecule has 0 saturated carbocycles. The van der Waals surface area contributed by atoms with Gasteiger partial charge in [0.25, 0.3) is 5.91 Å². The van der Waals surface area contributed by atoms with Gasteiger partial charge in [-0.15, -0.1) is 10.2 Å². The molecule has 1 unspecified atom stereocenters. The smallest absolute Gasteiger partial charge is 0.414 e. The molecule has 0 saturated heterocycles. The van der Waals surface area contributed by atoms with E-state index >= 15 is 0 Å². The lowest BCUT2D eigenvalue weighted by Crippen LogP contribution is -2.37. The number of nitrogens with zero attached hydrogens (tertiary/aromatic N) is 7. The Bertz CT molecular complexity index is 1600. The van der Waals surface area contributed by atoms with Gasteiger partial charge in [0.2, 0.25) is 0 Å². The molecule has 4 heterocycles. The molecule has 2 N–H and O–H groups in total. The van der Waals surface area contributed by atoms with E-state index in [1.807, 2.05) is 12.1 Å². The molecule has 0 fully saturated rings. The Balaban J connectivity index is 1.71. The number of aryl methyl sites for hydroxylation is 1. The molecule has 2 atom stereocenters. The fraction of sp³-hybridized carbons (Fsp3) is 0.417. The van der Waals surface area contributed by atoms with E-state index in [4.69, 9.17) is 4.74 Å². The SMILES string of the molecule is C[C@@H]1CS(=O)Cc2cc(c3nnn(C)c3c2)Nc2cc(N(C)C(=O)OC(C)(C)C)c3ncc(n3n2)C(=O)N1. The molecule has 0 spiro atoms. The Labute approximate surface area is 221 Å². The first-order valence-corrected chi connectivity index (χ1v) is 13.5.